The van der Waals surface area contributed by atoms with Gasteiger partial charge in [0.25, 0.3) is 5.91 Å². The van der Waals surface area contributed by atoms with E-state index in [1.54, 1.807) is 62.4 Å². The number of nitrogens with one attached hydrogen (secondary N) is 2. The number of phenols is 1. The topological polar surface area (TPSA) is 105 Å². The standard InChI is InChI=1S/C19H20N2O5/c1-12(2)20-19(25)21-17(23)11-26-18(24)15-5-3-13(4-6-15)14-7-9-16(22)10-8-14/h3-10,12,22H,11H2,1-2H3,(H2,20,21,23,25). The summed E-state index contributed by atoms with van der Waals surface area (Å²) in [6.45, 7) is 2.96. The van der Waals surface area contributed by atoms with Gasteiger partial charge in [0, 0.05) is 6.04 Å². The van der Waals surface area contributed by atoms with Crippen molar-refractivity contribution in [2.45, 2.75) is 19.9 Å². The summed E-state index contributed by atoms with van der Waals surface area (Å²) in [6, 6.07) is 12.5. The Labute approximate surface area is 151 Å². The fraction of sp³-hybridized carbons (Fsp3) is 0.211. The fourth-order valence-electron chi connectivity index (χ4n) is 2.13. The van der Waals surface area contributed by atoms with Gasteiger partial charge in [0.2, 0.25) is 0 Å². The van der Waals surface area contributed by atoms with E-state index in [4.69, 9.17) is 4.74 Å². The Morgan fingerprint density at radius 2 is 1.50 bits per heavy atom. The van der Waals surface area contributed by atoms with E-state index >= 15 is 0 Å². The Morgan fingerprint density at radius 1 is 0.962 bits per heavy atom. The van der Waals surface area contributed by atoms with E-state index in [9.17, 15) is 19.5 Å². The minimum absolute atomic E-state index is 0.113. The number of esters is 1. The molecule has 0 heterocycles. The second kappa shape index (κ2) is 8.66. The lowest BCUT2D eigenvalue weighted by molar-refractivity contribution is -0.123. The molecule has 0 spiro atoms. The van der Waals surface area contributed by atoms with Crippen LogP contribution in [0.2, 0.25) is 0 Å². The molecule has 0 fully saturated rings. The van der Waals surface area contributed by atoms with E-state index in [0.717, 1.165) is 11.1 Å². The maximum Gasteiger partial charge on any atom is 0.338 e. The van der Waals surface area contributed by atoms with Gasteiger partial charge < -0.3 is 15.2 Å². The summed E-state index contributed by atoms with van der Waals surface area (Å²) in [6.07, 6.45) is 0. The van der Waals surface area contributed by atoms with Crippen molar-refractivity contribution in [1.82, 2.24) is 10.6 Å². The van der Waals surface area contributed by atoms with Crippen LogP contribution in [-0.2, 0) is 9.53 Å². The van der Waals surface area contributed by atoms with Gasteiger partial charge in [-0.3, -0.25) is 10.1 Å². The van der Waals surface area contributed by atoms with Gasteiger partial charge in [-0.05, 0) is 49.2 Å². The first-order valence-electron chi connectivity index (χ1n) is 8.02. The average Bonchev–Trinajstić information content (AvgIpc) is 2.59. The highest BCUT2D eigenvalue weighted by molar-refractivity contribution is 5.97. The molecule has 0 aliphatic heterocycles. The molecule has 2 aromatic rings. The minimum Gasteiger partial charge on any atom is -0.508 e. The molecule has 2 aromatic carbocycles. The molecule has 0 unspecified atom stereocenters. The molecule has 7 heteroatoms. The molecule has 136 valence electrons. The Balaban J connectivity index is 1.88. The largest absolute Gasteiger partial charge is 0.508 e. The molecule has 0 atom stereocenters. The maximum absolute atomic E-state index is 12.0. The number of amides is 3. The molecule has 0 aromatic heterocycles. The maximum atomic E-state index is 12.0. The van der Waals surface area contributed by atoms with Gasteiger partial charge in [0.05, 0.1) is 5.56 Å². The third-order valence-corrected chi connectivity index (χ3v) is 3.33. The second-order valence-corrected chi connectivity index (χ2v) is 5.88. The van der Waals surface area contributed by atoms with Crippen LogP contribution in [0.4, 0.5) is 4.79 Å². The summed E-state index contributed by atoms with van der Waals surface area (Å²) in [5, 5.41) is 13.9. The van der Waals surface area contributed by atoms with Crippen LogP contribution in [0, 0.1) is 0 Å². The van der Waals surface area contributed by atoms with Crippen LogP contribution in [0.1, 0.15) is 24.2 Å². The number of phenolic OH excluding ortho intramolecular Hbond substituents is 1. The fourth-order valence-corrected chi connectivity index (χ4v) is 2.13. The summed E-state index contributed by atoms with van der Waals surface area (Å²) >= 11 is 0. The summed E-state index contributed by atoms with van der Waals surface area (Å²) in [5.41, 5.74) is 2.04. The van der Waals surface area contributed by atoms with Gasteiger partial charge in [-0.15, -0.1) is 0 Å². The van der Waals surface area contributed by atoms with Crippen molar-refractivity contribution in [2.75, 3.05) is 6.61 Å². The van der Waals surface area contributed by atoms with Crippen LogP contribution in [-0.4, -0.2) is 35.7 Å². The second-order valence-electron chi connectivity index (χ2n) is 5.88. The van der Waals surface area contributed by atoms with Crippen LogP contribution < -0.4 is 10.6 Å². The molecule has 0 aliphatic carbocycles. The molecular weight excluding hydrogens is 336 g/mol. The summed E-state index contributed by atoms with van der Waals surface area (Å²) < 4.78 is 4.89. The Bertz CT molecular complexity index is 783. The number of hydrogen-bond acceptors (Lipinski definition) is 5. The molecule has 26 heavy (non-hydrogen) atoms. The van der Waals surface area contributed by atoms with Gasteiger partial charge in [-0.25, -0.2) is 9.59 Å². The lowest BCUT2D eigenvalue weighted by Gasteiger charge is -2.09. The smallest absolute Gasteiger partial charge is 0.338 e. The summed E-state index contributed by atoms with van der Waals surface area (Å²) in [7, 11) is 0. The number of carbonyl (C=O) groups excluding carboxylic acids is 3. The number of ether oxygens (including phenoxy) is 1. The summed E-state index contributed by atoms with van der Waals surface area (Å²) in [4.78, 5) is 34.9. The molecule has 3 amide bonds. The zero-order valence-corrected chi connectivity index (χ0v) is 14.5. The van der Waals surface area contributed by atoms with E-state index in [1.807, 2.05) is 0 Å². The van der Waals surface area contributed by atoms with Crippen molar-refractivity contribution in [3.05, 3.63) is 54.1 Å². The number of benzene rings is 2. The van der Waals surface area contributed by atoms with Gasteiger partial charge in [-0.2, -0.15) is 0 Å². The molecule has 0 bridgehead atoms. The van der Waals surface area contributed by atoms with Crippen LogP contribution >= 0.6 is 0 Å². The Kier molecular flexibility index (Phi) is 6.32. The monoisotopic (exact) mass is 356 g/mol. The highest BCUT2D eigenvalue weighted by atomic mass is 16.5. The number of aromatic hydroxyl groups is 1. The van der Waals surface area contributed by atoms with Crippen molar-refractivity contribution in [3.63, 3.8) is 0 Å². The normalized spacial score (nSPS) is 10.3. The quantitative estimate of drug-likeness (QED) is 0.714. The number of carbonyl (C=O) groups is 3. The SMILES string of the molecule is CC(C)NC(=O)NC(=O)COC(=O)c1ccc(-c2ccc(O)cc2)cc1. The first kappa shape index (κ1) is 19.0. The molecule has 0 saturated heterocycles. The number of imide groups is 1. The predicted octanol–water partition coefficient (Wildman–Crippen LogP) is 2.45. The highest BCUT2D eigenvalue weighted by Crippen LogP contribution is 2.22. The molecule has 2 rings (SSSR count). The first-order valence-corrected chi connectivity index (χ1v) is 8.02. The van der Waals surface area contributed by atoms with E-state index in [0.29, 0.717) is 0 Å². The third-order valence-electron chi connectivity index (χ3n) is 3.33. The van der Waals surface area contributed by atoms with Crippen LogP contribution in [0.5, 0.6) is 5.75 Å². The van der Waals surface area contributed by atoms with Crippen molar-refractivity contribution in [1.29, 1.82) is 0 Å². The van der Waals surface area contributed by atoms with E-state index in [-0.39, 0.29) is 17.4 Å². The lowest BCUT2D eigenvalue weighted by atomic mass is 10.0. The zero-order chi connectivity index (χ0) is 19.1. The van der Waals surface area contributed by atoms with Crippen molar-refractivity contribution < 1.29 is 24.2 Å². The van der Waals surface area contributed by atoms with Gasteiger partial charge in [0.1, 0.15) is 5.75 Å². The molecule has 0 saturated carbocycles. The Morgan fingerprint density at radius 3 is 2.04 bits per heavy atom. The minimum atomic E-state index is -0.711. The summed E-state index contributed by atoms with van der Waals surface area (Å²) in [5.74, 6) is -1.20. The third kappa shape index (κ3) is 5.62. The van der Waals surface area contributed by atoms with Crippen LogP contribution in [0.3, 0.4) is 0 Å². The first-order chi connectivity index (χ1) is 12.3. The molecule has 3 N–H and O–H groups in total. The van der Waals surface area contributed by atoms with Crippen LogP contribution in [0.25, 0.3) is 11.1 Å². The average molecular weight is 356 g/mol. The number of rotatable bonds is 5. The van der Waals surface area contributed by atoms with Crippen LogP contribution in [0.15, 0.2) is 48.5 Å². The molecular formula is C19H20N2O5. The van der Waals surface area contributed by atoms with Gasteiger partial charge in [0.15, 0.2) is 6.61 Å². The molecule has 0 aliphatic rings. The van der Waals surface area contributed by atoms with Crippen molar-refractivity contribution in [2.24, 2.45) is 0 Å². The molecule has 0 radical (unpaired) electrons. The number of hydrogen-bond donors (Lipinski definition) is 3. The molecule has 7 nitrogen and oxygen atoms in total. The van der Waals surface area contributed by atoms with Crippen molar-refractivity contribution in [3.8, 4) is 16.9 Å². The number of urea groups is 1. The van der Waals surface area contributed by atoms with E-state index in [2.05, 4.69) is 10.6 Å². The van der Waals surface area contributed by atoms with E-state index in [1.165, 1.54) is 0 Å². The Hall–Kier alpha value is -3.35. The van der Waals surface area contributed by atoms with Gasteiger partial charge >= 0.3 is 12.0 Å². The predicted molar refractivity (Wildman–Crippen MR) is 95.6 cm³/mol. The van der Waals surface area contributed by atoms with E-state index < -0.39 is 24.5 Å². The van der Waals surface area contributed by atoms with Gasteiger partial charge in [-0.1, -0.05) is 24.3 Å². The van der Waals surface area contributed by atoms with Crippen molar-refractivity contribution >= 4 is 17.9 Å². The zero-order valence-electron chi connectivity index (χ0n) is 14.5. The highest BCUT2D eigenvalue weighted by Gasteiger charge is 2.13. The lowest BCUT2D eigenvalue weighted by Crippen LogP contribution is -2.44.